The van der Waals surface area contributed by atoms with Gasteiger partial charge < -0.3 is 0 Å². The van der Waals surface area contributed by atoms with E-state index in [1.54, 1.807) is 8.61 Å². The van der Waals surface area contributed by atoms with Crippen LogP contribution in [0.4, 0.5) is 0 Å². The summed E-state index contributed by atoms with van der Waals surface area (Å²) >= 11 is 0. The quantitative estimate of drug-likeness (QED) is 0.761. The summed E-state index contributed by atoms with van der Waals surface area (Å²) in [5.74, 6) is 0. The zero-order valence-electron chi connectivity index (χ0n) is 10.9. The number of rotatable bonds is 2. The lowest BCUT2D eigenvalue weighted by Gasteiger charge is -2.37. The summed E-state index contributed by atoms with van der Waals surface area (Å²) in [6, 6.07) is 2.30. The standard InChI is InChI=1S/C12H21N3O2S/c1-12(11-13)5-9-15(10-6-12)18(16,17)14-7-3-2-4-8-14/h2-10H2,1H3. The Labute approximate surface area is 110 Å². The Morgan fingerprint density at radius 1 is 1.00 bits per heavy atom. The lowest BCUT2D eigenvalue weighted by Crippen LogP contribution is -2.49. The van der Waals surface area contributed by atoms with Gasteiger partial charge in [-0.05, 0) is 32.6 Å². The molecule has 0 amide bonds. The second kappa shape index (κ2) is 5.16. The fourth-order valence-electron chi connectivity index (χ4n) is 2.58. The molecule has 0 N–H and O–H groups in total. The Bertz CT molecular complexity index is 427. The SMILES string of the molecule is CC1(C#N)CCN(S(=O)(=O)N2CCCCC2)CC1. The number of nitrogens with zero attached hydrogens (tertiary/aromatic N) is 3. The van der Waals surface area contributed by atoms with Crippen molar-refractivity contribution in [2.75, 3.05) is 26.2 Å². The van der Waals surface area contributed by atoms with Crippen molar-refractivity contribution in [3.8, 4) is 6.07 Å². The fraction of sp³-hybridized carbons (Fsp3) is 0.917. The van der Waals surface area contributed by atoms with Gasteiger partial charge in [0.1, 0.15) is 0 Å². The maximum atomic E-state index is 12.4. The molecule has 0 aromatic carbocycles. The van der Waals surface area contributed by atoms with Gasteiger partial charge >= 0.3 is 0 Å². The van der Waals surface area contributed by atoms with Gasteiger partial charge in [0.2, 0.25) is 0 Å². The van der Waals surface area contributed by atoms with Crippen molar-refractivity contribution in [2.45, 2.75) is 39.0 Å². The Kier molecular flexibility index (Phi) is 3.95. The first-order valence-corrected chi connectivity index (χ1v) is 8.04. The van der Waals surface area contributed by atoms with E-state index < -0.39 is 10.2 Å². The van der Waals surface area contributed by atoms with E-state index in [2.05, 4.69) is 6.07 Å². The molecule has 0 aromatic rings. The van der Waals surface area contributed by atoms with Crippen LogP contribution in [0.15, 0.2) is 0 Å². The van der Waals surface area contributed by atoms with Crippen molar-refractivity contribution < 1.29 is 8.42 Å². The zero-order valence-corrected chi connectivity index (χ0v) is 11.7. The molecule has 2 rings (SSSR count). The molecule has 0 aliphatic carbocycles. The third-order valence-corrected chi connectivity index (χ3v) is 6.10. The smallest absolute Gasteiger partial charge is 0.198 e. The molecular weight excluding hydrogens is 250 g/mol. The Morgan fingerprint density at radius 2 is 1.50 bits per heavy atom. The van der Waals surface area contributed by atoms with Gasteiger partial charge in [-0.25, -0.2) is 0 Å². The van der Waals surface area contributed by atoms with E-state index in [1.807, 2.05) is 6.92 Å². The second-order valence-electron chi connectivity index (χ2n) is 5.54. The van der Waals surface area contributed by atoms with E-state index in [1.165, 1.54) is 0 Å². The summed E-state index contributed by atoms with van der Waals surface area (Å²) in [7, 11) is -3.29. The number of hydrogen-bond acceptors (Lipinski definition) is 3. The largest absolute Gasteiger partial charge is 0.281 e. The van der Waals surface area contributed by atoms with Crippen LogP contribution in [0.2, 0.25) is 0 Å². The highest BCUT2D eigenvalue weighted by molar-refractivity contribution is 7.86. The van der Waals surface area contributed by atoms with Gasteiger partial charge in [-0.3, -0.25) is 0 Å². The van der Waals surface area contributed by atoms with Crippen molar-refractivity contribution in [1.29, 1.82) is 5.26 Å². The van der Waals surface area contributed by atoms with Gasteiger partial charge in [-0.15, -0.1) is 0 Å². The minimum atomic E-state index is -3.29. The normalized spacial score (nSPS) is 26.7. The molecule has 2 aliphatic rings. The first-order chi connectivity index (χ1) is 8.48. The molecule has 0 saturated carbocycles. The minimum Gasteiger partial charge on any atom is -0.198 e. The number of hydrogen-bond donors (Lipinski definition) is 0. The Balaban J connectivity index is 2.02. The van der Waals surface area contributed by atoms with Gasteiger partial charge in [0.25, 0.3) is 10.2 Å². The predicted octanol–water partition coefficient (Wildman–Crippen LogP) is 1.34. The van der Waals surface area contributed by atoms with Crippen LogP contribution in [0.3, 0.4) is 0 Å². The fourth-order valence-corrected chi connectivity index (χ4v) is 4.27. The molecule has 0 bridgehead atoms. The molecule has 2 fully saturated rings. The molecular formula is C12H21N3O2S. The monoisotopic (exact) mass is 271 g/mol. The molecule has 0 radical (unpaired) electrons. The van der Waals surface area contributed by atoms with Crippen LogP contribution in [0.5, 0.6) is 0 Å². The van der Waals surface area contributed by atoms with Crippen LogP contribution in [0.25, 0.3) is 0 Å². The second-order valence-corrected chi connectivity index (χ2v) is 7.47. The summed E-state index contributed by atoms with van der Waals surface area (Å²) in [6.07, 6.45) is 4.32. The molecule has 6 heteroatoms. The Morgan fingerprint density at radius 3 is 2.00 bits per heavy atom. The molecule has 2 saturated heterocycles. The molecule has 18 heavy (non-hydrogen) atoms. The highest BCUT2D eigenvalue weighted by Gasteiger charge is 2.37. The van der Waals surface area contributed by atoms with E-state index >= 15 is 0 Å². The van der Waals surface area contributed by atoms with Crippen molar-refractivity contribution in [2.24, 2.45) is 5.41 Å². The molecule has 0 spiro atoms. The first-order valence-electron chi connectivity index (χ1n) is 6.64. The average Bonchev–Trinajstić information content (AvgIpc) is 2.40. The highest BCUT2D eigenvalue weighted by Crippen LogP contribution is 2.31. The topological polar surface area (TPSA) is 64.4 Å². The van der Waals surface area contributed by atoms with Crippen LogP contribution in [0, 0.1) is 16.7 Å². The summed E-state index contributed by atoms with van der Waals surface area (Å²) in [5.41, 5.74) is -0.353. The van der Waals surface area contributed by atoms with E-state index in [0.29, 0.717) is 39.0 Å². The van der Waals surface area contributed by atoms with Crippen molar-refractivity contribution in [1.82, 2.24) is 8.61 Å². The molecule has 102 valence electrons. The van der Waals surface area contributed by atoms with Gasteiger partial charge in [0.15, 0.2) is 0 Å². The molecule has 0 unspecified atom stereocenters. The first kappa shape index (κ1) is 13.8. The van der Waals surface area contributed by atoms with Crippen LogP contribution < -0.4 is 0 Å². The molecule has 5 nitrogen and oxygen atoms in total. The van der Waals surface area contributed by atoms with Crippen LogP contribution in [-0.4, -0.2) is 43.2 Å². The lowest BCUT2D eigenvalue weighted by molar-refractivity contribution is 0.214. The third-order valence-electron chi connectivity index (χ3n) is 4.06. The number of piperidine rings is 2. The van der Waals surface area contributed by atoms with E-state index in [9.17, 15) is 8.42 Å². The van der Waals surface area contributed by atoms with Gasteiger partial charge in [0.05, 0.1) is 11.5 Å². The van der Waals surface area contributed by atoms with E-state index in [-0.39, 0.29) is 5.41 Å². The molecule has 0 atom stereocenters. The Hall–Kier alpha value is -0.640. The maximum Gasteiger partial charge on any atom is 0.281 e. The van der Waals surface area contributed by atoms with Crippen molar-refractivity contribution in [3.05, 3.63) is 0 Å². The molecule has 0 aromatic heterocycles. The maximum absolute atomic E-state index is 12.4. The van der Waals surface area contributed by atoms with Crippen LogP contribution >= 0.6 is 0 Å². The van der Waals surface area contributed by atoms with Gasteiger partial charge in [-0.2, -0.15) is 22.3 Å². The molecule has 2 heterocycles. The van der Waals surface area contributed by atoms with Gasteiger partial charge in [-0.1, -0.05) is 6.42 Å². The zero-order chi connectivity index (χ0) is 13.2. The van der Waals surface area contributed by atoms with Crippen LogP contribution in [0.1, 0.15) is 39.0 Å². The van der Waals surface area contributed by atoms with Crippen molar-refractivity contribution in [3.63, 3.8) is 0 Å². The summed E-state index contributed by atoms with van der Waals surface area (Å²) < 4.78 is 28.0. The molecule has 2 aliphatic heterocycles. The van der Waals surface area contributed by atoms with Crippen LogP contribution in [-0.2, 0) is 10.2 Å². The lowest BCUT2D eigenvalue weighted by atomic mass is 9.83. The summed E-state index contributed by atoms with van der Waals surface area (Å²) in [4.78, 5) is 0. The van der Waals surface area contributed by atoms with E-state index in [0.717, 1.165) is 19.3 Å². The summed E-state index contributed by atoms with van der Waals surface area (Å²) in [5, 5.41) is 9.06. The average molecular weight is 271 g/mol. The van der Waals surface area contributed by atoms with Crippen molar-refractivity contribution >= 4 is 10.2 Å². The van der Waals surface area contributed by atoms with Gasteiger partial charge in [0, 0.05) is 26.2 Å². The third kappa shape index (κ3) is 2.68. The minimum absolute atomic E-state index is 0.353. The van der Waals surface area contributed by atoms with E-state index in [4.69, 9.17) is 5.26 Å². The number of nitriles is 1. The summed E-state index contributed by atoms with van der Waals surface area (Å²) in [6.45, 7) is 4.16. The predicted molar refractivity (Wildman–Crippen MR) is 68.9 cm³/mol. The highest BCUT2D eigenvalue weighted by atomic mass is 32.2.